The Balaban J connectivity index is 2.68. The third-order valence-electron chi connectivity index (χ3n) is 2.69. The van der Waals surface area contributed by atoms with Crippen molar-refractivity contribution in [3.63, 3.8) is 0 Å². The van der Waals surface area contributed by atoms with Crippen LogP contribution in [0.2, 0.25) is 0 Å². The number of halogens is 3. The van der Waals surface area contributed by atoms with E-state index in [-0.39, 0.29) is 18.1 Å². The smallest absolute Gasteiger partial charge is 0.376 e. The number of alkyl halides is 3. The maximum absolute atomic E-state index is 12.6. The Bertz CT molecular complexity index is 502. The zero-order chi connectivity index (χ0) is 15.9. The minimum atomic E-state index is -4.40. The summed E-state index contributed by atoms with van der Waals surface area (Å²) >= 11 is 0. The molecular formula is C15H17F3N2O. The zero-order valence-corrected chi connectivity index (χ0v) is 11.5. The van der Waals surface area contributed by atoms with Crippen molar-refractivity contribution in [3.05, 3.63) is 55.1 Å². The van der Waals surface area contributed by atoms with E-state index in [0.29, 0.717) is 13.1 Å². The molecule has 21 heavy (non-hydrogen) atoms. The molecule has 1 amide bonds. The van der Waals surface area contributed by atoms with Gasteiger partial charge in [0.05, 0.1) is 12.1 Å². The molecule has 0 aliphatic rings. The maximum Gasteiger partial charge on any atom is 0.416 e. The number of rotatable bonds is 7. The van der Waals surface area contributed by atoms with Crippen molar-refractivity contribution in [2.75, 3.05) is 25.0 Å². The van der Waals surface area contributed by atoms with Gasteiger partial charge in [0.15, 0.2) is 0 Å². The number of nitrogens with one attached hydrogen (secondary N) is 1. The summed E-state index contributed by atoms with van der Waals surface area (Å²) in [7, 11) is 0. The average Bonchev–Trinajstić information content (AvgIpc) is 2.44. The molecule has 0 saturated heterocycles. The van der Waals surface area contributed by atoms with E-state index in [4.69, 9.17) is 0 Å². The van der Waals surface area contributed by atoms with Crippen LogP contribution >= 0.6 is 0 Å². The van der Waals surface area contributed by atoms with E-state index in [1.54, 1.807) is 12.2 Å². The highest BCUT2D eigenvalue weighted by molar-refractivity contribution is 5.81. The molecule has 0 aliphatic heterocycles. The zero-order valence-electron chi connectivity index (χ0n) is 11.5. The molecule has 1 N–H and O–H groups in total. The fourth-order valence-electron chi connectivity index (χ4n) is 1.68. The van der Waals surface area contributed by atoms with Gasteiger partial charge in [-0.05, 0) is 18.2 Å². The fraction of sp³-hybridized carbons (Fsp3) is 0.267. The van der Waals surface area contributed by atoms with Gasteiger partial charge in [0.2, 0.25) is 5.91 Å². The molecule has 3 nitrogen and oxygen atoms in total. The maximum atomic E-state index is 12.6. The third kappa shape index (κ3) is 5.33. The van der Waals surface area contributed by atoms with Crippen LogP contribution in [-0.2, 0) is 11.0 Å². The minimum absolute atomic E-state index is 0.0943. The van der Waals surface area contributed by atoms with E-state index in [2.05, 4.69) is 18.5 Å². The molecule has 0 saturated carbocycles. The number of amides is 1. The van der Waals surface area contributed by atoms with Crippen LogP contribution < -0.4 is 5.32 Å². The topological polar surface area (TPSA) is 32.3 Å². The van der Waals surface area contributed by atoms with Crippen LogP contribution in [0.15, 0.2) is 49.6 Å². The molecule has 0 atom stereocenters. The summed E-state index contributed by atoms with van der Waals surface area (Å²) in [5, 5.41) is 2.69. The van der Waals surface area contributed by atoms with Gasteiger partial charge in [-0.25, -0.2) is 0 Å². The lowest BCUT2D eigenvalue weighted by Crippen LogP contribution is -2.35. The molecule has 0 bridgehead atoms. The van der Waals surface area contributed by atoms with E-state index in [1.807, 2.05) is 0 Å². The molecule has 0 radical (unpaired) electrons. The van der Waals surface area contributed by atoms with Crippen molar-refractivity contribution in [3.8, 4) is 0 Å². The van der Waals surface area contributed by atoms with Crippen LogP contribution in [0.3, 0.4) is 0 Å². The lowest BCUT2D eigenvalue weighted by Gasteiger charge is -2.20. The normalized spacial score (nSPS) is 10.8. The summed E-state index contributed by atoms with van der Waals surface area (Å²) in [5.41, 5.74) is -0.510. The first kappa shape index (κ1) is 16.8. The third-order valence-corrected chi connectivity index (χ3v) is 2.69. The highest BCUT2D eigenvalue weighted by atomic mass is 19.4. The van der Waals surface area contributed by atoms with Crippen molar-refractivity contribution in [2.45, 2.75) is 6.18 Å². The number of hydrogen-bond acceptors (Lipinski definition) is 2. The summed E-state index contributed by atoms with van der Waals surface area (Å²) < 4.78 is 37.7. The Labute approximate surface area is 121 Å². The minimum Gasteiger partial charge on any atom is -0.376 e. The van der Waals surface area contributed by atoms with Crippen LogP contribution in [0.1, 0.15) is 5.56 Å². The number of carbonyl (C=O) groups excluding carboxylic acids is 1. The Hall–Kier alpha value is -2.24. The first-order chi connectivity index (χ1) is 9.88. The van der Waals surface area contributed by atoms with E-state index in [9.17, 15) is 18.0 Å². The summed E-state index contributed by atoms with van der Waals surface area (Å²) in [6.45, 7) is 7.72. The van der Waals surface area contributed by atoms with Crippen molar-refractivity contribution < 1.29 is 18.0 Å². The largest absolute Gasteiger partial charge is 0.416 e. The summed E-state index contributed by atoms with van der Waals surface area (Å²) in [6.07, 6.45) is -1.25. The number of anilines is 1. The molecule has 6 heteroatoms. The molecule has 0 unspecified atom stereocenters. The van der Waals surface area contributed by atoms with Gasteiger partial charge in [0.25, 0.3) is 0 Å². The molecule has 1 aromatic carbocycles. The van der Waals surface area contributed by atoms with E-state index >= 15 is 0 Å². The highest BCUT2D eigenvalue weighted by Crippen LogP contribution is 2.30. The first-order valence-corrected chi connectivity index (χ1v) is 6.29. The predicted octanol–water partition coefficient (Wildman–Crippen LogP) is 3.32. The molecule has 0 heterocycles. The molecular weight excluding hydrogens is 281 g/mol. The number of hydrogen-bond donors (Lipinski definition) is 1. The fourth-order valence-corrected chi connectivity index (χ4v) is 1.68. The molecule has 0 aliphatic carbocycles. The first-order valence-electron chi connectivity index (χ1n) is 6.29. The molecule has 0 spiro atoms. The average molecular weight is 298 g/mol. The standard InChI is InChI=1S/C15H17F3N2O/c1-3-8-20(9-4-2)14(21)11-19-13-7-5-6-12(10-13)15(16,17)18/h3-7,10,19H,1-2,8-9,11H2. The van der Waals surface area contributed by atoms with Gasteiger partial charge in [0, 0.05) is 18.8 Å². The number of carbonyl (C=O) groups is 1. The van der Waals surface area contributed by atoms with Crippen molar-refractivity contribution >= 4 is 11.6 Å². The molecule has 0 fully saturated rings. The highest BCUT2D eigenvalue weighted by Gasteiger charge is 2.30. The van der Waals surface area contributed by atoms with Crippen molar-refractivity contribution in [1.82, 2.24) is 4.90 Å². The molecule has 114 valence electrons. The monoisotopic (exact) mass is 298 g/mol. The molecule has 1 rings (SSSR count). The van der Waals surface area contributed by atoms with Gasteiger partial charge in [-0.3, -0.25) is 4.79 Å². The van der Waals surface area contributed by atoms with E-state index in [1.165, 1.54) is 17.0 Å². The predicted molar refractivity (Wildman–Crippen MR) is 76.9 cm³/mol. The number of benzene rings is 1. The second-order valence-corrected chi connectivity index (χ2v) is 4.31. The Kier molecular flexibility index (Phi) is 6.02. The lowest BCUT2D eigenvalue weighted by molar-refractivity contribution is -0.137. The van der Waals surface area contributed by atoms with Gasteiger partial charge < -0.3 is 10.2 Å². The lowest BCUT2D eigenvalue weighted by atomic mass is 10.2. The summed E-state index contributed by atoms with van der Waals surface area (Å²) in [6, 6.07) is 4.72. The van der Waals surface area contributed by atoms with Gasteiger partial charge in [0.1, 0.15) is 0 Å². The van der Waals surface area contributed by atoms with Crippen molar-refractivity contribution in [2.24, 2.45) is 0 Å². The second kappa shape index (κ2) is 7.52. The summed E-state index contributed by atoms with van der Waals surface area (Å²) in [4.78, 5) is 13.4. The quantitative estimate of drug-likeness (QED) is 0.783. The van der Waals surface area contributed by atoms with Crippen LogP contribution in [0.25, 0.3) is 0 Å². The Morgan fingerprint density at radius 1 is 1.24 bits per heavy atom. The SMILES string of the molecule is C=CCN(CC=C)C(=O)CNc1cccc(C(F)(F)F)c1. The van der Waals surface area contributed by atoms with Crippen LogP contribution in [0.5, 0.6) is 0 Å². The molecule has 1 aromatic rings. The summed E-state index contributed by atoms with van der Waals surface area (Å²) in [5.74, 6) is -0.243. The number of nitrogens with zero attached hydrogens (tertiary/aromatic N) is 1. The van der Waals surface area contributed by atoms with Crippen LogP contribution in [-0.4, -0.2) is 30.4 Å². The Morgan fingerprint density at radius 3 is 2.38 bits per heavy atom. The van der Waals surface area contributed by atoms with Crippen molar-refractivity contribution in [1.29, 1.82) is 0 Å². The second-order valence-electron chi connectivity index (χ2n) is 4.31. The van der Waals surface area contributed by atoms with E-state index in [0.717, 1.165) is 12.1 Å². The van der Waals surface area contributed by atoms with Crippen LogP contribution in [0.4, 0.5) is 18.9 Å². The Morgan fingerprint density at radius 2 is 1.86 bits per heavy atom. The van der Waals surface area contributed by atoms with E-state index < -0.39 is 11.7 Å². The van der Waals surface area contributed by atoms with Gasteiger partial charge in [-0.1, -0.05) is 18.2 Å². The van der Waals surface area contributed by atoms with Gasteiger partial charge in [-0.2, -0.15) is 13.2 Å². The van der Waals surface area contributed by atoms with Gasteiger partial charge >= 0.3 is 6.18 Å². The molecule has 0 aromatic heterocycles. The van der Waals surface area contributed by atoms with Gasteiger partial charge in [-0.15, -0.1) is 13.2 Å². The van der Waals surface area contributed by atoms with Crippen LogP contribution in [0, 0.1) is 0 Å².